The average molecular weight is 348 g/mol. The van der Waals surface area contributed by atoms with Crippen molar-refractivity contribution >= 4 is 29.1 Å². The molecule has 0 atom stereocenters. The first-order valence-corrected chi connectivity index (χ1v) is 7.39. The van der Waals surface area contributed by atoms with Crippen molar-refractivity contribution in [2.45, 2.75) is 6.54 Å². The van der Waals surface area contributed by atoms with E-state index in [4.69, 9.17) is 11.6 Å². The van der Waals surface area contributed by atoms with Crippen molar-refractivity contribution in [3.8, 4) is 0 Å². The van der Waals surface area contributed by atoms with Crippen molar-refractivity contribution in [1.29, 1.82) is 0 Å². The van der Waals surface area contributed by atoms with E-state index in [0.29, 0.717) is 17.4 Å². The van der Waals surface area contributed by atoms with Crippen LogP contribution in [0.2, 0.25) is 5.02 Å². The van der Waals surface area contributed by atoms with Gasteiger partial charge in [0.2, 0.25) is 5.95 Å². The lowest BCUT2D eigenvalue weighted by Crippen LogP contribution is -2.07. The molecular formula is C16H12ClF2N5. The number of hydrogen-bond donors (Lipinski definition) is 2. The highest BCUT2D eigenvalue weighted by Crippen LogP contribution is 2.21. The number of hydrogen-bond acceptors (Lipinski definition) is 5. The van der Waals surface area contributed by atoms with Crippen LogP contribution in [0, 0.1) is 11.6 Å². The summed E-state index contributed by atoms with van der Waals surface area (Å²) in [6.45, 7) is 0.422. The van der Waals surface area contributed by atoms with Gasteiger partial charge in [-0.3, -0.25) is 0 Å². The Morgan fingerprint density at radius 2 is 1.75 bits per heavy atom. The third-order valence-corrected chi connectivity index (χ3v) is 3.54. The summed E-state index contributed by atoms with van der Waals surface area (Å²) < 4.78 is 27.3. The van der Waals surface area contributed by atoms with Crippen LogP contribution < -0.4 is 10.6 Å². The first kappa shape index (κ1) is 16.1. The fourth-order valence-corrected chi connectivity index (χ4v) is 2.20. The zero-order valence-corrected chi connectivity index (χ0v) is 13.1. The van der Waals surface area contributed by atoms with Crippen LogP contribution in [-0.2, 0) is 6.54 Å². The standard InChI is InChI=1S/C16H12ClF2N5/c17-11-5-2-1-4-10(11)8-20-14-9-21-24-16(22-14)23-15-12(18)6-3-7-13(15)19/h1-7,9H,8H2,(H2,20,22,23,24). The van der Waals surface area contributed by atoms with Crippen molar-refractivity contribution in [2.75, 3.05) is 10.6 Å². The van der Waals surface area contributed by atoms with E-state index >= 15 is 0 Å². The van der Waals surface area contributed by atoms with Crippen molar-refractivity contribution < 1.29 is 8.78 Å². The number of halogens is 3. The smallest absolute Gasteiger partial charge is 0.249 e. The van der Waals surface area contributed by atoms with E-state index in [0.717, 1.165) is 17.7 Å². The molecule has 0 radical (unpaired) electrons. The number of anilines is 3. The lowest BCUT2D eigenvalue weighted by molar-refractivity contribution is 0.590. The highest BCUT2D eigenvalue weighted by Gasteiger charge is 2.10. The molecule has 1 heterocycles. The average Bonchev–Trinajstić information content (AvgIpc) is 2.58. The molecule has 8 heteroatoms. The third kappa shape index (κ3) is 3.75. The Labute approximate surface area is 141 Å². The van der Waals surface area contributed by atoms with Gasteiger partial charge < -0.3 is 10.6 Å². The molecule has 2 aromatic carbocycles. The molecule has 24 heavy (non-hydrogen) atoms. The summed E-state index contributed by atoms with van der Waals surface area (Å²) in [5.74, 6) is -1.12. The van der Waals surface area contributed by atoms with E-state index in [2.05, 4.69) is 25.8 Å². The Kier molecular flexibility index (Phi) is 4.81. The number of benzene rings is 2. The molecule has 0 unspecified atom stereocenters. The van der Waals surface area contributed by atoms with Gasteiger partial charge in [0, 0.05) is 11.6 Å². The number of aromatic nitrogens is 3. The van der Waals surface area contributed by atoms with Gasteiger partial charge in [-0.25, -0.2) is 8.78 Å². The van der Waals surface area contributed by atoms with E-state index in [1.807, 2.05) is 18.2 Å². The lowest BCUT2D eigenvalue weighted by Gasteiger charge is -2.09. The lowest BCUT2D eigenvalue weighted by atomic mass is 10.2. The summed E-state index contributed by atoms with van der Waals surface area (Å²) in [5.41, 5.74) is 0.551. The normalized spacial score (nSPS) is 10.5. The summed E-state index contributed by atoms with van der Waals surface area (Å²) in [7, 11) is 0. The highest BCUT2D eigenvalue weighted by atomic mass is 35.5. The van der Waals surface area contributed by atoms with Gasteiger partial charge in [-0.05, 0) is 23.8 Å². The van der Waals surface area contributed by atoms with E-state index in [1.165, 1.54) is 12.3 Å². The van der Waals surface area contributed by atoms with Crippen molar-refractivity contribution in [3.63, 3.8) is 0 Å². The van der Waals surface area contributed by atoms with Gasteiger partial charge in [-0.15, -0.1) is 5.10 Å². The summed E-state index contributed by atoms with van der Waals surface area (Å²) in [4.78, 5) is 4.12. The fourth-order valence-electron chi connectivity index (χ4n) is 2.00. The molecule has 0 amide bonds. The van der Waals surface area contributed by atoms with Crippen LogP contribution in [0.4, 0.5) is 26.2 Å². The molecule has 0 saturated heterocycles. The maximum atomic E-state index is 13.6. The number of nitrogens with zero attached hydrogens (tertiary/aromatic N) is 3. The maximum Gasteiger partial charge on any atom is 0.249 e. The van der Waals surface area contributed by atoms with E-state index in [1.54, 1.807) is 6.07 Å². The molecule has 0 bridgehead atoms. The zero-order valence-electron chi connectivity index (χ0n) is 12.3. The quantitative estimate of drug-likeness (QED) is 0.725. The molecule has 3 rings (SSSR count). The zero-order chi connectivity index (χ0) is 16.9. The molecule has 5 nitrogen and oxygen atoms in total. The summed E-state index contributed by atoms with van der Waals surface area (Å²) in [6.07, 6.45) is 1.40. The molecule has 0 spiro atoms. The van der Waals surface area contributed by atoms with Crippen molar-refractivity contribution in [1.82, 2.24) is 15.2 Å². The Bertz CT molecular complexity index is 839. The second-order valence-corrected chi connectivity index (χ2v) is 5.24. The predicted molar refractivity (Wildman–Crippen MR) is 88.2 cm³/mol. The van der Waals surface area contributed by atoms with E-state index < -0.39 is 11.6 Å². The van der Waals surface area contributed by atoms with Crippen LogP contribution in [0.25, 0.3) is 0 Å². The highest BCUT2D eigenvalue weighted by molar-refractivity contribution is 6.31. The Balaban J connectivity index is 1.74. The van der Waals surface area contributed by atoms with Gasteiger partial charge in [0.05, 0.1) is 6.20 Å². The molecule has 0 saturated carbocycles. The van der Waals surface area contributed by atoms with Crippen LogP contribution >= 0.6 is 11.6 Å². The molecule has 0 aliphatic carbocycles. The van der Waals surface area contributed by atoms with Crippen LogP contribution in [0.1, 0.15) is 5.56 Å². The summed E-state index contributed by atoms with van der Waals surface area (Å²) >= 11 is 6.08. The molecular weight excluding hydrogens is 336 g/mol. The molecule has 122 valence electrons. The van der Waals surface area contributed by atoms with Gasteiger partial charge in [0.1, 0.15) is 17.3 Å². The largest absolute Gasteiger partial charge is 0.364 e. The molecule has 2 N–H and O–H groups in total. The van der Waals surface area contributed by atoms with Crippen LogP contribution in [0.15, 0.2) is 48.7 Å². The molecule has 0 aliphatic rings. The molecule has 3 aromatic rings. The van der Waals surface area contributed by atoms with Gasteiger partial charge in [-0.2, -0.15) is 10.1 Å². The molecule has 0 fully saturated rings. The first-order chi connectivity index (χ1) is 11.6. The minimum Gasteiger partial charge on any atom is -0.364 e. The Morgan fingerprint density at radius 3 is 2.50 bits per heavy atom. The summed E-state index contributed by atoms with van der Waals surface area (Å²) in [6, 6.07) is 10.9. The third-order valence-electron chi connectivity index (χ3n) is 3.18. The van der Waals surface area contributed by atoms with Gasteiger partial charge in [0.25, 0.3) is 0 Å². The number of rotatable bonds is 5. The van der Waals surface area contributed by atoms with E-state index in [-0.39, 0.29) is 11.6 Å². The van der Waals surface area contributed by atoms with Gasteiger partial charge in [0.15, 0.2) is 5.82 Å². The number of nitrogens with one attached hydrogen (secondary N) is 2. The van der Waals surface area contributed by atoms with Gasteiger partial charge >= 0.3 is 0 Å². The van der Waals surface area contributed by atoms with Crippen LogP contribution in [0.3, 0.4) is 0 Å². The second kappa shape index (κ2) is 7.18. The first-order valence-electron chi connectivity index (χ1n) is 7.01. The molecule has 0 aliphatic heterocycles. The van der Waals surface area contributed by atoms with Crippen molar-refractivity contribution in [3.05, 3.63) is 70.9 Å². The minimum absolute atomic E-state index is 0.0249. The van der Waals surface area contributed by atoms with Crippen molar-refractivity contribution in [2.24, 2.45) is 0 Å². The number of para-hydroxylation sites is 1. The Morgan fingerprint density at radius 1 is 1.00 bits per heavy atom. The minimum atomic E-state index is -0.743. The maximum absolute atomic E-state index is 13.6. The fraction of sp³-hybridized carbons (Fsp3) is 0.0625. The Hall–Kier alpha value is -2.80. The van der Waals surface area contributed by atoms with Gasteiger partial charge in [-0.1, -0.05) is 35.9 Å². The van der Waals surface area contributed by atoms with E-state index in [9.17, 15) is 8.78 Å². The predicted octanol–water partition coefficient (Wildman–Crippen LogP) is 4.16. The topological polar surface area (TPSA) is 62.7 Å². The molecule has 1 aromatic heterocycles. The van der Waals surface area contributed by atoms with Crippen LogP contribution in [-0.4, -0.2) is 15.2 Å². The SMILES string of the molecule is Fc1cccc(F)c1Nc1nncc(NCc2ccccc2Cl)n1. The monoisotopic (exact) mass is 347 g/mol. The second-order valence-electron chi connectivity index (χ2n) is 4.83. The summed E-state index contributed by atoms with van der Waals surface area (Å²) in [5, 5.41) is 13.6. The van der Waals surface area contributed by atoms with Crippen LogP contribution in [0.5, 0.6) is 0 Å².